The van der Waals surface area contributed by atoms with Gasteiger partial charge in [-0.2, -0.15) is 0 Å². The van der Waals surface area contributed by atoms with E-state index in [1.54, 1.807) is 11.8 Å². The summed E-state index contributed by atoms with van der Waals surface area (Å²) in [7, 11) is 0. The Balaban J connectivity index is 2.91. The Bertz CT molecular complexity index is 341. The summed E-state index contributed by atoms with van der Waals surface area (Å²) in [6, 6.07) is 5.63. The van der Waals surface area contributed by atoms with E-state index in [-0.39, 0.29) is 5.78 Å². The molecule has 76 valence electrons. The molecule has 0 atom stereocenters. The van der Waals surface area contributed by atoms with Gasteiger partial charge in [0.1, 0.15) is 0 Å². The van der Waals surface area contributed by atoms with Crippen molar-refractivity contribution < 1.29 is 4.79 Å². The van der Waals surface area contributed by atoms with Crippen molar-refractivity contribution in [3.05, 3.63) is 28.2 Å². The van der Waals surface area contributed by atoms with Gasteiger partial charge in [0.05, 0.1) is 0 Å². The zero-order valence-electron chi connectivity index (χ0n) is 7.72. The molecule has 4 heteroatoms. The fraction of sp³-hybridized carbons (Fsp3) is 0.300. The second-order valence-electron chi connectivity index (χ2n) is 2.71. The summed E-state index contributed by atoms with van der Waals surface area (Å²) in [5, 5.41) is 0. The lowest BCUT2D eigenvalue weighted by Crippen LogP contribution is -1.99. The van der Waals surface area contributed by atoms with Crippen molar-refractivity contribution in [1.82, 2.24) is 0 Å². The maximum absolute atomic E-state index is 11.5. The van der Waals surface area contributed by atoms with Crippen molar-refractivity contribution >= 4 is 45.1 Å². The zero-order chi connectivity index (χ0) is 10.6. The molecular formula is C10H10BrClOS. The van der Waals surface area contributed by atoms with Crippen LogP contribution in [0.25, 0.3) is 0 Å². The van der Waals surface area contributed by atoms with Crippen molar-refractivity contribution in [2.75, 3.05) is 12.1 Å². The van der Waals surface area contributed by atoms with Crippen LogP contribution < -0.4 is 0 Å². The molecule has 0 radical (unpaired) electrons. The molecule has 0 aliphatic carbocycles. The smallest absolute Gasteiger partial charge is 0.164 e. The topological polar surface area (TPSA) is 17.1 Å². The van der Waals surface area contributed by atoms with Crippen molar-refractivity contribution in [1.29, 1.82) is 0 Å². The van der Waals surface area contributed by atoms with Crippen LogP contribution in [0.2, 0.25) is 0 Å². The summed E-state index contributed by atoms with van der Waals surface area (Å²) in [5.74, 6) is 0.467. The number of hydrogen-bond donors (Lipinski definition) is 0. The van der Waals surface area contributed by atoms with Crippen molar-refractivity contribution in [2.45, 2.75) is 11.3 Å². The third kappa shape index (κ3) is 3.01. The molecule has 0 N–H and O–H groups in total. The molecule has 1 aromatic rings. The second kappa shape index (κ2) is 5.79. The van der Waals surface area contributed by atoms with Gasteiger partial charge in [-0.25, -0.2) is 0 Å². The summed E-state index contributed by atoms with van der Waals surface area (Å²) in [5.41, 5.74) is 0.718. The predicted octanol–water partition coefficient (Wildman–Crippen LogP) is 3.98. The van der Waals surface area contributed by atoms with Gasteiger partial charge < -0.3 is 0 Å². The van der Waals surface area contributed by atoms with Crippen molar-refractivity contribution in [2.24, 2.45) is 0 Å². The lowest BCUT2D eigenvalue weighted by molar-refractivity contribution is 0.0989. The molecule has 1 aromatic carbocycles. The van der Waals surface area contributed by atoms with E-state index in [9.17, 15) is 4.79 Å². The summed E-state index contributed by atoms with van der Waals surface area (Å²) < 4.78 is 0.963. The first-order valence-corrected chi connectivity index (χ1v) is 6.67. The Morgan fingerprint density at radius 3 is 2.79 bits per heavy atom. The molecule has 1 nitrogen and oxygen atoms in total. The van der Waals surface area contributed by atoms with E-state index in [0.717, 1.165) is 14.9 Å². The van der Waals surface area contributed by atoms with Gasteiger partial charge >= 0.3 is 0 Å². The van der Waals surface area contributed by atoms with Gasteiger partial charge in [0.2, 0.25) is 0 Å². The standard InChI is InChI=1S/C10H10BrClOS/c1-14-10-3-2-7(6-8(10)11)9(13)4-5-12/h2-3,6H,4-5H2,1H3. The minimum absolute atomic E-state index is 0.0911. The Morgan fingerprint density at radius 1 is 1.57 bits per heavy atom. The number of carbonyl (C=O) groups excluding carboxylic acids is 1. The van der Waals surface area contributed by atoms with E-state index < -0.39 is 0 Å². The number of halogens is 2. The Morgan fingerprint density at radius 2 is 2.29 bits per heavy atom. The van der Waals surface area contributed by atoms with Gasteiger partial charge in [-0.05, 0) is 34.3 Å². The first-order chi connectivity index (χ1) is 6.69. The normalized spacial score (nSPS) is 10.2. The van der Waals surface area contributed by atoms with Gasteiger partial charge in [-0.1, -0.05) is 6.07 Å². The number of hydrogen-bond acceptors (Lipinski definition) is 2. The van der Waals surface area contributed by atoms with E-state index in [1.165, 1.54) is 0 Å². The van der Waals surface area contributed by atoms with Gasteiger partial charge in [0, 0.05) is 27.2 Å². The lowest BCUT2D eigenvalue weighted by Gasteiger charge is -2.03. The monoisotopic (exact) mass is 292 g/mol. The maximum atomic E-state index is 11.5. The highest BCUT2D eigenvalue weighted by Gasteiger charge is 2.07. The third-order valence-corrected chi connectivity index (χ3v) is 3.70. The van der Waals surface area contributed by atoms with E-state index in [2.05, 4.69) is 15.9 Å². The summed E-state index contributed by atoms with van der Waals surface area (Å²) in [6.45, 7) is 0. The van der Waals surface area contributed by atoms with Crippen LogP contribution >= 0.6 is 39.3 Å². The average Bonchev–Trinajstić information content (AvgIpc) is 2.18. The quantitative estimate of drug-likeness (QED) is 0.474. The van der Waals surface area contributed by atoms with Crippen LogP contribution in [0.15, 0.2) is 27.6 Å². The van der Waals surface area contributed by atoms with Crippen molar-refractivity contribution in [3.8, 4) is 0 Å². The Kier molecular flexibility index (Phi) is 4.99. The minimum Gasteiger partial charge on any atom is -0.294 e. The highest BCUT2D eigenvalue weighted by atomic mass is 79.9. The number of rotatable bonds is 4. The van der Waals surface area contributed by atoms with E-state index >= 15 is 0 Å². The Labute approximate surface area is 101 Å². The van der Waals surface area contributed by atoms with Crippen LogP contribution in [-0.2, 0) is 0 Å². The lowest BCUT2D eigenvalue weighted by atomic mass is 10.1. The van der Waals surface area contributed by atoms with Crippen LogP contribution in [0.5, 0.6) is 0 Å². The van der Waals surface area contributed by atoms with Crippen LogP contribution in [0.1, 0.15) is 16.8 Å². The number of benzene rings is 1. The molecule has 0 saturated carbocycles. The van der Waals surface area contributed by atoms with Crippen LogP contribution in [0.4, 0.5) is 0 Å². The van der Waals surface area contributed by atoms with Gasteiger partial charge in [-0.3, -0.25) is 4.79 Å². The molecule has 0 aliphatic rings. The van der Waals surface area contributed by atoms with Gasteiger partial charge in [0.25, 0.3) is 0 Å². The molecule has 0 aliphatic heterocycles. The van der Waals surface area contributed by atoms with E-state index in [0.29, 0.717) is 12.3 Å². The number of alkyl halides is 1. The molecule has 1 rings (SSSR count). The number of carbonyl (C=O) groups is 1. The third-order valence-electron chi connectivity index (χ3n) is 1.80. The molecular weight excluding hydrogens is 284 g/mol. The SMILES string of the molecule is CSc1ccc(C(=O)CCCl)cc1Br. The fourth-order valence-corrected chi connectivity index (χ4v) is 2.56. The molecule has 0 unspecified atom stereocenters. The second-order valence-corrected chi connectivity index (χ2v) is 4.79. The highest BCUT2D eigenvalue weighted by molar-refractivity contribution is 9.10. The Hall–Kier alpha value is 0.01000. The average molecular weight is 294 g/mol. The predicted molar refractivity (Wildman–Crippen MR) is 65.6 cm³/mol. The summed E-state index contributed by atoms with van der Waals surface area (Å²) in [6.07, 6.45) is 2.40. The van der Waals surface area contributed by atoms with Gasteiger partial charge in [0.15, 0.2) is 5.78 Å². The molecule has 0 aromatic heterocycles. The highest BCUT2D eigenvalue weighted by Crippen LogP contribution is 2.26. The summed E-state index contributed by atoms with van der Waals surface area (Å²) >= 11 is 10.6. The first kappa shape index (κ1) is 12.1. The number of thioether (sulfide) groups is 1. The van der Waals surface area contributed by atoms with E-state index in [4.69, 9.17) is 11.6 Å². The van der Waals surface area contributed by atoms with Gasteiger partial charge in [-0.15, -0.1) is 23.4 Å². The molecule has 14 heavy (non-hydrogen) atoms. The maximum Gasteiger partial charge on any atom is 0.164 e. The molecule has 0 spiro atoms. The number of Topliss-reactive ketones (excluding diaryl/α,β-unsaturated/α-hetero) is 1. The van der Waals surface area contributed by atoms with E-state index in [1.807, 2.05) is 24.5 Å². The van der Waals surface area contributed by atoms with Crippen LogP contribution in [0, 0.1) is 0 Å². The van der Waals surface area contributed by atoms with Crippen molar-refractivity contribution in [3.63, 3.8) is 0 Å². The molecule has 0 amide bonds. The molecule has 0 bridgehead atoms. The molecule has 0 fully saturated rings. The first-order valence-electron chi connectivity index (χ1n) is 4.11. The summed E-state index contributed by atoms with van der Waals surface area (Å²) in [4.78, 5) is 12.6. The zero-order valence-corrected chi connectivity index (χ0v) is 10.9. The molecule has 0 saturated heterocycles. The molecule has 0 heterocycles. The fourth-order valence-electron chi connectivity index (χ4n) is 1.07. The van der Waals surface area contributed by atoms with Crippen LogP contribution in [-0.4, -0.2) is 17.9 Å². The minimum atomic E-state index is 0.0911. The number of ketones is 1. The van der Waals surface area contributed by atoms with Crippen LogP contribution in [0.3, 0.4) is 0 Å². The largest absolute Gasteiger partial charge is 0.294 e.